The van der Waals surface area contributed by atoms with Crippen molar-refractivity contribution < 1.29 is 8.83 Å². The Morgan fingerprint density at radius 2 is 1.09 bits per heavy atom. The third-order valence-corrected chi connectivity index (χ3v) is 9.95. The smallest absolute Gasteiger partial charge is 0.143 e. The molecule has 7 aromatic carbocycles. The molecule has 0 saturated heterocycles. The molecule has 0 amide bonds. The second-order valence-corrected chi connectivity index (χ2v) is 12.7. The first kappa shape index (κ1) is 25.7. The lowest BCUT2D eigenvalue weighted by atomic mass is 10.0. The molecule has 0 aliphatic rings. The van der Waals surface area contributed by atoms with Crippen LogP contribution in [0.2, 0.25) is 0 Å². The summed E-state index contributed by atoms with van der Waals surface area (Å²) in [4.78, 5) is 0. The van der Waals surface area contributed by atoms with E-state index in [1.54, 1.807) is 0 Å². The lowest BCUT2D eigenvalue weighted by molar-refractivity contribution is 0.669. The second-order valence-electron chi connectivity index (χ2n) is 11.8. The predicted molar refractivity (Wildman–Crippen MR) is 194 cm³/mol. The monoisotopic (exact) mass is 653 g/mol. The van der Waals surface area contributed by atoms with E-state index in [4.69, 9.17) is 8.83 Å². The molecule has 0 saturated carbocycles. The Balaban J connectivity index is 1.10. The second kappa shape index (κ2) is 9.71. The number of halogens is 1. The molecule has 0 fully saturated rings. The lowest BCUT2D eigenvalue weighted by Crippen LogP contribution is -1.93. The van der Waals surface area contributed by atoms with Crippen molar-refractivity contribution in [1.82, 2.24) is 4.57 Å². The molecule has 0 radical (unpaired) electrons. The summed E-state index contributed by atoms with van der Waals surface area (Å²) in [5.41, 5.74) is 11.7. The molecule has 10 aromatic rings. The van der Waals surface area contributed by atoms with Gasteiger partial charge in [-0.3, -0.25) is 0 Å². The average molecular weight is 655 g/mol. The normalized spacial score (nSPS) is 12.0. The van der Waals surface area contributed by atoms with Gasteiger partial charge in [0.2, 0.25) is 0 Å². The quantitative estimate of drug-likeness (QED) is 0.190. The van der Waals surface area contributed by atoms with Gasteiger partial charge in [-0.2, -0.15) is 0 Å². The van der Waals surface area contributed by atoms with Crippen LogP contribution in [0.3, 0.4) is 0 Å². The minimum absolute atomic E-state index is 0.889. The van der Waals surface area contributed by atoms with E-state index in [9.17, 15) is 0 Å². The molecule has 0 aliphatic carbocycles. The number of para-hydroxylation sites is 3. The summed E-state index contributed by atoms with van der Waals surface area (Å²) < 4.78 is 15.9. The van der Waals surface area contributed by atoms with Crippen LogP contribution < -0.4 is 0 Å². The molecule has 0 spiro atoms. The molecular formula is C42H24BrNO2. The summed E-state index contributed by atoms with van der Waals surface area (Å²) in [5.74, 6) is 0. The van der Waals surface area contributed by atoms with E-state index in [-0.39, 0.29) is 0 Å². The van der Waals surface area contributed by atoms with Crippen molar-refractivity contribution in [3.8, 4) is 27.9 Å². The van der Waals surface area contributed by atoms with Gasteiger partial charge in [0.15, 0.2) is 0 Å². The largest absolute Gasteiger partial charge is 0.456 e. The summed E-state index contributed by atoms with van der Waals surface area (Å²) in [5, 5.41) is 6.96. The van der Waals surface area contributed by atoms with Crippen LogP contribution in [0, 0.1) is 0 Å². The van der Waals surface area contributed by atoms with Gasteiger partial charge in [0.05, 0.1) is 11.0 Å². The highest BCUT2D eigenvalue weighted by atomic mass is 79.9. The van der Waals surface area contributed by atoms with Crippen LogP contribution in [-0.2, 0) is 0 Å². The molecule has 3 aromatic heterocycles. The van der Waals surface area contributed by atoms with Crippen molar-refractivity contribution in [1.29, 1.82) is 0 Å². The van der Waals surface area contributed by atoms with Gasteiger partial charge in [-0.15, -0.1) is 0 Å². The molecule has 3 nitrogen and oxygen atoms in total. The van der Waals surface area contributed by atoms with Gasteiger partial charge in [0.1, 0.15) is 22.3 Å². The average Bonchev–Trinajstić information content (AvgIpc) is 3.78. The third-order valence-electron chi connectivity index (χ3n) is 9.29. The number of fused-ring (bicyclic) bond motifs is 9. The van der Waals surface area contributed by atoms with Crippen molar-refractivity contribution in [2.75, 3.05) is 0 Å². The highest BCUT2D eigenvalue weighted by Gasteiger charge is 2.16. The number of hydrogen-bond donors (Lipinski definition) is 0. The van der Waals surface area contributed by atoms with Crippen molar-refractivity contribution in [3.63, 3.8) is 0 Å². The maximum atomic E-state index is 6.34. The van der Waals surface area contributed by atoms with Crippen LogP contribution in [0.1, 0.15) is 0 Å². The highest BCUT2D eigenvalue weighted by Crippen LogP contribution is 2.40. The van der Waals surface area contributed by atoms with Crippen LogP contribution in [0.25, 0.3) is 93.6 Å². The van der Waals surface area contributed by atoms with Crippen molar-refractivity contribution in [3.05, 3.63) is 150 Å². The first-order valence-electron chi connectivity index (χ1n) is 15.4. The van der Waals surface area contributed by atoms with E-state index < -0.39 is 0 Å². The van der Waals surface area contributed by atoms with E-state index in [0.29, 0.717) is 0 Å². The van der Waals surface area contributed by atoms with Crippen LogP contribution in [0.15, 0.2) is 159 Å². The SMILES string of the molecule is Brc1cccc2oc3ccc(-c4ccc5c(c4)c4ccccc4n5-c4ccc(-c5cccc6c5oc5ccccc56)cc4)cc3c12. The minimum atomic E-state index is 0.889. The molecule has 0 atom stereocenters. The zero-order chi connectivity index (χ0) is 30.4. The number of furan rings is 2. The molecule has 10 rings (SSSR count). The van der Waals surface area contributed by atoms with Gasteiger partial charge in [-0.25, -0.2) is 0 Å². The van der Waals surface area contributed by atoms with E-state index in [1.807, 2.05) is 24.3 Å². The molecule has 4 heteroatoms. The zero-order valence-corrected chi connectivity index (χ0v) is 26.1. The number of aromatic nitrogens is 1. The first-order valence-corrected chi connectivity index (χ1v) is 16.2. The molecule has 0 aliphatic heterocycles. The number of benzene rings is 7. The zero-order valence-electron chi connectivity index (χ0n) is 24.5. The maximum Gasteiger partial charge on any atom is 0.143 e. The van der Waals surface area contributed by atoms with Gasteiger partial charge in [0.25, 0.3) is 0 Å². The number of nitrogens with zero attached hydrogens (tertiary/aromatic N) is 1. The molecular weight excluding hydrogens is 630 g/mol. The summed E-state index contributed by atoms with van der Waals surface area (Å²) in [6.07, 6.45) is 0. The number of hydrogen-bond acceptors (Lipinski definition) is 2. The standard InChI is InChI=1S/C42H24BrNO2/c43-35-11-6-14-40-41(35)34-24-27(18-22-39(34)45-40)26-17-21-37-33(23-26)30-7-1-3-12-36(30)44(37)28-19-15-25(16-20-28)29-9-5-10-32-31-8-2-4-13-38(31)46-42(29)32/h1-24H. The minimum Gasteiger partial charge on any atom is -0.456 e. The summed E-state index contributed by atoms with van der Waals surface area (Å²) in [7, 11) is 0. The van der Waals surface area contributed by atoms with E-state index in [1.165, 1.54) is 27.4 Å². The van der Waals surface area contributed by atoms with Crippen molar-refractivity contribution >= 4 is 81.6 Å². The van der Waals surface area contributed by atoms with Crippen LogP contribution in [0.4, 0.5) is 0 Å². The van der Waals surface area contributed by atoms with Crippen LogP contribution in [-0.4, -0.2) is 4.57 Å². The first-order chi connectivity index (χ1) is 22.7. The van der Waals surface area contributed by atoms with E-state index >= 15 is 0 Å². The Morgan fingerprint density at radius 1 is 0.435 bits per heavy atom. The number of rotatable bonds is 3. The van der Waals surface area contributed by atoms with Crippen molar-refractivity contribution in [2.24, 2.45) is 0 Å². The van der Waals surface area contributed by atoms with Gasteiger partial charge < -0.3 is 13.4 Å². The molecule has 46 heavy (non-hydrogen) atoms. The van der Waals surface area contributed by atoms with Crippen LogP contribution >= 0.6 is 15.9 Å². The molecule has 0 unspecified atom stereocenters. The van der Waals surface area contributed by atoms with Gasteiger partial charge >= 0.3 is 0 Å². The van der Waals surface area contributed by atoms with Gasteiger partial charge in [-0.1, -0.05) is 101 Å². The van der Waals surface area contributed by atoms with Crippen LogP contribution in [0.5, 0.6) is 0 Å². The fourth-order valence-electron chi connectivity index (χ4n) is 7.16. The van der Waals surface area contributed by atoms with Gasteiger partial charge in [-0.05, 0) is 77.4 Å². The molecule has 0 N–H and O–H groups in total. The van der Waals surface area contributed by atoms with E-state index in [2.05, 4.69) is 142 Å². The summed E-state index contributed by atoms with van der Waals surface area (Å²) in [6.45, 7) is 0. The molecule has 216 valence electrons. The highest BCUT2D eigenvalue weighted by molar-refractivity contribution is 9.10. The Kier molecular flexibility index (Phi) is 5.43. The Morgan fingerprint density at radius 3 is 1.98 bits per heavy atom. The third kappa shape index (κ3) is 3.71. The fraction of sp³-hybridized carbons (Fsp3) is 0. The van der Waals surface area contributed by atoms with Gasteiger partial charge in [0, 0.05) is 48.0 Å². The Labute approximate surface area is 272 Å². The Bertz CT molecular complexity index is 2820. The fourth-order valence-corrected chi connectivity index (χ4v) is 7.72. The Hall–Kier alpha value is -5.58. The molecule has 3 heterocycles. The van der Waals surface area contributed by atoms with Crippen molar-refractivity contribution in [2.45, 2.75) is 0 Å². The maximum absolute atomic E-state index is 6.34. The topological polar surface area (TPSA) is 31.2 Å². The molecule has 0 bridgehead atoms. The predicted octanol–water partition coefficient (Wildman–Crippen LogP) is 12.7. The lowest BCUT2D eigenvalue weighted by Gasteiger charge is -2.10. The summed E-state index contributed by atoms with van der Waals surface area (Å²) in [6, 6.07) is 51.5. The summed E-state index contributed by atoms with van der Waals surface area (Å²) >= 11 is 3.73. The van der Waals surface area contributed by atoms with E-state index in [0.717, 1.165) is 70.7 Å².